The first-order valence-corrected chi connectivity index (χ1v) is 8.12. The van der Waals surface area contributed by atoms with Gasteiger partial charge < -0.3 is 20.4 Å². The lowest BCUT2D eigenvalue weighted by Gasteiger charge is -1.79. The summed E-state index contributed by atoms with van der Waals surface area (Å²) >= 11 is 0. The number of hydrogen-bond acceptors (Lipinski definition) is 4. The van der Waals surface area contributed by atoms with Crippen LogP contribution in [0, 0.1) is 0 Å². The lowest BCUT2D eigenvalue weighted by Crippen LogP contribution is -1.92. The third kappa shape index (κ3) is 110. The Morgan fingerprint density at radius 2 is 0.759 bits per heavy atom. The molecule has 0 saturated heterocycles. The fourth-order valence-corrected chi connectivity index (χ4v) is 0.158. The van der Waals surface area contributed by atoms with Crippen molar-refractivity contribution in [1.82, 2.24) is 0 Å². The first-order chi connectivity index (χ1) is 13.3. The molecule has 0 aromatic rings. The van der Waals surface area contributed by atoms with E-state index in [1.54, 1.807) is 0 Å². The topological polar surface area (TPSA) is 132 Å². The van der Waals surface area contributed by atoms with Crippen molar-refractivity contribution in [3.63, 3.8) is 0 Å². The normalized spacial score (nSPS) is 6.52. The van der Waals surface area contributed by atoms with Crippen molar-refractivity contribution in [2.24, 2.45) is 0 Å². The molecule has 4 N–H and O–H groups in total. The Kier molecular flexibility index (Phi) is 68.7. The van der Waals surface area contributed by atoms with Gasteiger partial charge in [0.25, 0.3) is 0 Å². The molecule has 7 nitrogen and oxygen atoms in total. The predicted molar refractivity (Wildman–Crippen MR) is 123 cm³/mol. The molecule has 0 aliphatic rings. The molecule has 0 amide bonds. The Hall–Kier alpha value is -3.19. The minimum absolute atomic E-state index is 0.176. The fourth-order valence-electron chi connectivity index (χ4n) is 0.158. The summed E-state index contributed by atoms with van der Waals surface area (Å²) in [5.74, 6) is -2.81. The number of carbonyl (C=O) groups is 3. The molecular formula is C22H40O7. The molecule has 0 aliphatic heterocycles. The van der Waals surface area contributed by atoms with E-state index in [1.165, 1.54) is 20.8 Å². The minimum atomic E-state index is -0.935. The Bertz CT molecular complexity index is 352. The van der Waals surface area contributed by atoms with E-state index in [0.29, 0.717) is 6.61 Å². The maximum atomic E-state index is 9.60. The Morgan fingerprint density at radius 3 is 0.759 bits per heavy atom. The average Bonchev–Trinajstić information content (AvgIpc) is 2.68. The van der Waals surface area contributed by atoms with Gasteiger partial charge in [-0.15, -0.1) is 39.5 Å². The molecule has 0 rings (SSSR count). The van der Waals surface area contributed by atoms with E-state index in [9.17, 15) is 14.4 Å². The highest BCUT2D eigenvalue weighted by atomic mass is 16.4. The highest BCUT2D eigenvalue weighted by Gasteiger charge is 1.91. The third-order valence-electron chi connectivity index (χ3n) is 1.61. The van der Waals surface area contributed by atoms with Crippen LogP contribution in [0.15, 0.2) is 75.9 Å². The van der Waals surface area contributed by atoms with Gasteiger partial charge in [-0.2, -0.15) is 0 Å². The van der Waals surface area contributed by atoms with Gasteiger partial charge in [0.2, 0.25) is 0 Å². The van der Waals surface area contributed by atoms with Crippen LogP contribution in [0.4, 0.5) is 0 Å². The summed E-state index contributed by atoms with van der Waals surface area (Å²) in [6, 6.07) is 0. The number of carboxylic acid groups (broad SMARTS) is 3. The SMILES string of the molecule is C=C.C=C.C=C.C=C(C)C(=O)O.C=C(C)C(=O)O.C=C(C)C(=O)O.CCCCO. The molecule has 29 heavy (non-hydrogen) atoms. The van der Waals surface area contributed by atoms with Crippen LogP contribution >= 0.6 is 0 Å². The molecule has 0 spiro atoms. The zero-order chi connectivity index (χ0) is 25.6. The van der Waals surface area contributed by atoms with E-state index in [-0.39, 0.29) is 16.7 Å². The Balaban J connectivity index is -0.0000000409. The monoisotopic (exact) mass is 416 g/mol. The smallest absolute Gasteiger partial charge is 0.330 e. The first-order valence-electron chi connectivity index (χ1n) is 8.12. The number of aliphatic hydroxyl groups is 1. The van der Waals surface area contributed by atoms with E-state index in [0.717, 1.165) is 12.8 Å². The van der Waals surface area contributed by atoms with E-state index >= 15 is 0 Å². The van der Waals surface area contributed by atoms with Crippen molar-refractivity contribution in [2.45, 2.75) is 40.5 Å². The average molecular weight is 417 g/mol. The van der Waals surface area contributed by atoms with Gasteiger partial charge in [0.1, 0.15) is 0 Å². The third-order valence-corrected chi connectivity index (χ3v) is 1.61. The highest BCUT2D eigenvalue weighted by Crippen LogP contribution is 1.82. The molecule has 0 bridgehead atoms. The molecule has 170 valence electrons. The second-order valence-corrected chi connectivity index (χ2v) is 4.33. The second kappa shape index (κ2) is 44.3. The molecule has 0 radical (unpaired) electrons. The molecule has 0 aliphatic carbocycles. The van der Waals surface area contributed by atoms with Crippen LogP contribution in [0.5, 0.6) is 0 Å². The van der Waals surface area contributed by atoms with E-state index in [4.69, 9.17) is 20.4 Å². The van der Waals surface area contributed by atoms with Gasteiger partial charge in [-0.1, -0.05) is 33.1 Å². The minimum Gasteiger partial charge on any atom is -0.478 e. The van der Waals surface area contributed by atoms with Crippen molar-refractivity contribution < 1.29 is 34.8 Å². The van der Waals surface area contributed by atoms with Gasteiger partial charge in [0.05, 0.1) is 0 Å². The predicted octanol–water partition coefficient (Wildman–Crippen LogP) is 5.13. The lowest BCUT2D eigenvalue weighted by molar-refractivity contribution is -0.133. The quantitative estimate of drug-likeness (QED) is 0.361. The number of hydrogen-bond donors (Lipinski definition) is 4. The number of unbranched alkanes of at least 4 members (excludes halogenated alkanes) is 1. The van der Waals surface area contributed by atoms with Gasteiger partial charge in [-0.3, -0.25) is 0 Å². The standard InChI is InChI=1S/3C4H6O2.C4H10O.3C2H4/c3*1-3(2)4(5)6;1-2-3-4-5;3*1-2/h3*1H2,2H3,(H,5,6);5H,2-4H2,1H3;3*1-2H2. The van der Waals surface area contributed by atoms with Crippen LogP contribution in [0.1, 0.15) is 40.5 Å². The molecule has 0 atom stereocenters. The first kappa shape index (κ1) is 44.9. The summed E-state index contributed by atoms with van der Waals surface area (Å²) in [6.45, 7) is 34.2. The maximum absolute atomic E-state index is 9.60. The van der Waals surface area contributed by atoms with Gasteiger partial charge in [0, 0.05) is 23.3 Å². The van der Waals surface area contributed by atoms with Crippen LogP contribution in [-0.4, -0.2) is 44.9 Å². The Labute approximate surface area is 176 Å². The van der Waals surface area contributed by atoms with E-state index in [1.807, 2.05) is 0 Å². The summed E-state index contributed by atoms with van der Waals surface area (Å²) in [6.07, 6.45) is 2.04. The summed E-state index contributed by atoms with van der Waals surface area (Å²) in [4.78, 5) is 28.8. The fraction of sp³-hybridized carbons (Fsp3) is 0.318. The van der Waals surface area contributed by atoms with Crippen LogP contribution in [0.25, 0.3) is 0 Å². The van der Waals surface area contributed by atoms with Crippen LogP contribution in [0.2, 0.25) is 0 Å². The second-order valence-electron chi connectivity index (χ2n) is 4.33. The zero-order valence-electron chi connectivity index (χ0n) is 18.5. The highest BCUT2D eigenvalue weighted by molar-refractivity contribution is 5.85. The van der Waals surface area contributed by atoms with Crippen LogP contribution < -0.4 is 0 Å². The van der Waals surface area contributed by atoms with Crippen molar-refractivity contribution in [2.75, 3.05) is 6.61 Å². The van der Waals surface area contributed by atoms with Gasteiger partial charge in [0.15, 0.2) is 0 Å². The summed E-state index contributed by atoms with van der Waals surface area (Å²) < 4.78 is 0. The zero-order valence-corrected chi connectivity index (χ0v) is 18.5. The summed E-state index contributed by atoms with van der Waals surface area (Å²) in [5.41, 5.74) is 0.528. The van der Waals surface area contributed by atoms with Crippen molar-refractivity contribution >= 4 is 17.9 Å². The number of rotatable bonds is 5. The Morgan fingerprint density at radius 1 is 0.621 bits per heavy atom. The largest absolute Gasteiger partial charge is 0.478 e. The van der Waals surface area contributed by atoms with Crippen molar-refractivity contribution in [1.29, 1.82) is 0 Å². The van der Waals surface area contributed by atoms with Crippen LogP contribution in [-0.2, 0) is 14.4 Å². The number of aliphatic hydroxyl groups excluding tert-OH is 1. The lowest BCUT2D eigenvalue weighted by atomic mass is 10.4. The molecule has 7 heteroatoms. The van der Waals surface area contributed by atoms with E-state index in [2.05, 4.69) is 66.1 Å². The van der Waals surface area contributed by atoms with Crippen LogP contribution in [0.3, 0.4) is 0 Å². The van der Waals surface area contributed by atoms with Gasteiger partial charge in [-0.05, 0) is 27.2 Å². The molecule has 0 heterocycles. The molecule has 0 unspecified atom stereocenters. The molecule has 0 aromatic heterocycles. The van der Waals surface area contributed by atoms with Crippen molar-refractivity contribution in [3.8, 4) is 0 Å². The molecule has 0 fully saturated rings. The molecule has 0 aromatic carbocycles. The molecular weight excluding hydrogens is 376 g/mol. The maximum Gasteiger partial charge on any atom is 0.330 e. The van der Waals surface area contributed by atoms with Crippen molar-refractivity contribution in [3.05, 3.63) is 75.9 Å². The number of aliphatic carboxylic acids is 3. The van der Waals surface area contributed by atoms with Gasteiger partial charge >= 0.3 is 17.9 Å². The molecule has 0 saturated carbocycles. The van der Waals surface area contributed by atoms with Gasteiger partial charge in [-0.25, -0.2) is 14.4 Å². The van der Waals surface area contributed by atoms with E-state index < -0.39 is 17.9 Å². The summed E-state index contributed by atoms with van der Waals surface area (Å²) in [7, 11) is 0. The number of carboxylic acids is 3. The summed E-state index contributed by atoms with van der Waals surface area (Å²) in [5, 5.41) is 31.7.